The SMILES string of the molecule is C=CCn1c(=O)c2ccc(C(=O)NCc3ccccc3)cc2n(Cc2ccc(C)cc2)c1=O. The van der Waals surface area contributed by atoms with Crippen molar-refractivity contribution in [2.45, 2.75) is 26.6 Å². The largest absolute Gasteiger partial charge is 0.348 e. The maximum absolute atomic E-state index is 13.2. The number of aryl methyl sites for hydroxylation is 1. The Balaban J connectivity index is 1.78. The van der Waals surface area contributed by atoms with E-state index < -0.39 is 11.2 Å². The second kappa shape index (κ2) is 9.53. The number of carbonyl (C=O) groups excluding carboxylic acids is 1. The van der Waals surface area contributed by atoms with Crippen molar-refractivity contribution in [1.29, 1.82) is 0 Å². The summed E-state index contributed by atoms with van der Waals surface area (Å²) in [5, 5.41) is 3.27. The minimum Gasteiger partial charge on any atom is -0.348 e. The summed E-state index contributed by atoms with van der Waals surface area (Å²) >= 11 is 0. The molecule has 4 rings (SSSR count). The Morgan fingerprint density at radius 1 is 0.939 bits per heavy atom. The minimum absolute atomic E-state index is 0.112. The molecule has 166 valence electrons. The quantitative estimate of drug-likeness (QED) is 0.447. The van der Waals surface area contributed by atoms with Gasteiger partial charge in [0.25, 0.3) is 11.5 Å². The standard InChI is InChI=1S/C27H25N3O3/c1-3-15-29-26(32)23-14-13-22(25(31)28-17-20-7-5-4-6-8-20)16-24(23)30(27(29)33)18-21-11-9-19(2)10-12-21/h3-14,16H,1,15,17-18H2,2H3,(H,28,31). The molecule has 3 aromatic carbocycles. The van der Waals surface area contributed by atoms with Gasteiger partial charge in [-0.15, -0.1) is 6.58 Å². The first-order valence-electron chi connectivity index (χ1n) is 10.7. The summed E-state index contributed by atoms with van der Waals surface area (Å²) in [5.41, 5.74) is 3.00. The Kier molecular flexibility index (Phi) is 6.36. The third kappa shape index (κ3) is 4.70. The van der Waals surface area contributed by atoms with Crippen molar-refractivity contribution < 1.29 is 4.79 Å². The summed E-state index contributed by atoms with van der Waals surface area (Å²) in [6.07, 6.45) is 1.52. The summed E-state index contributed by atoms with van der Waals surface area (Å²) in [7, 11) is 0. The Labute approximate surface area is 191 Å². The van der Waals surface area contributed by atoms with E-state index in [9.17, 15) is 14.4 Å². The second-order valence-corrected chi connectivity index (χ2v) is 7.96. The number of fused-ring (bicyclic) bond motifs is 1. The van der Waals surface area contributed by atoms with Crippen LogP contribution in [0.2, 0.25) is 0 Å². The van der Waals surface area contributed by atoms with E-state index in [1.165, 1.54) is 10.6 Å². The predicted octanol–water partition coefficient (Wildman–Crippen LogP) is 3.64. The average Bonchev–Trinajstić information content (AvgIpc) is 2.84. The van der Waals surface area contributed by atoms with Crippen LogP contribution in [0.25, 0.3) is 10.9 Å². The van der Waals surface area contributed by atoms with Crippen LogP contribution in [-0.2, 0) is 19.6 Å². The van der Waals surface area contributed by atoms with Crippen LogP contribution in [0.1, 0.15) is 27.0 Å². The van der Waals surface area contributed by atoms with Gasteiger partial charge in [-0.2, -0.15) is 0 Å². The van der Waals surface area contributed by atoms with Crippen LogP contribution >= 0.6 is 0 Å². The lowest BCUT2D eigenvalue weighted by Crippen LogP contribution is -2.40. The molecule has 0 aliphatic carbocycles. The van der Waals surface area contributed by atoms with Crippen LogP contribution < -0.4 is 16.6 Å². The molecule has 0 unspecified atom stereocenters. The van der Waals surface area contributed by atoms with Gasteiger partial charge >= 0.3 is 5.69 Å². The van der Waals surface area contributed by atoms with Crippen LogP contribution in [0.5, 0.6) is 0 Å². The maximum atomic E-state index is 13.2. The van der Waals surface area contributed by atoms with Crippen molar-refractivity contribution in [3.05, 3.63) is 129 Å². The highest BCUT2D eigenvalue weighted by molar-refractivity contribution is 5.97. The zero-order chi connectivity index (χ0) is 23.4. The van der Waals surface area contributed by atoms with Crippen LogP contribution in [0.4, 0.5) is 0 Å². The molecule has 6 nitrogen and oxygen atoms in total. The smallest absolute Gasteiger partial charge is 0.332 e. The zero-order valence-corrected chi connectivity index (χ0v) is 18.5. The lowest BCUT2D eigenvalue weighted by Gasteiger charge is -2.15. The van der Waals surface area contributed by atoms with Gasteiger partial charge in [-0.25, -0.2) is 4.79 Å². The van der Waals surface area contributed by atoms with Crippen molar-refractivity contribution in [3.8, 4) is 0 Å². The lowest BCUT2D eigenvalue weighted by molar-refractivity contribution is 0.0951. The van der Waals surface area contributed by atoms with Gasteiger partial charge in [-0.3, -0.25) is 18.7 Å². The molecule has 1 aromatic heterocycles. The number of hydrogen-bond donors (Lipinski definition) is 1. The number of carbonyl (C=O) groups is 1. The minimum atomic E-state index is -0.435. The van der Waals surface area contributed by atoms with Gasteiger partial charge < -0.3 is 5.32 Å². The highest BCUT2D eigenvalue weighted by Crippen LogP contribution is 2.15. The molecule has 0 aliphatic rings. The van der Waals surface area contributed by atoms with Gasteiger partial charge in [0.15, 0.2) is 0 Å². The fraction of sp³-hybridized carbons (Fsp3) is 0.148. The van der Waals surface area contributed by atoms with Crippen LogP contribution in [0.3, 0.4) is 0 Å². The molecule has 0 aliphatic heterocycles. The number of nitrogens with zero attached hydrogens (tertiary/aromatic N) is 2. The molecule has 0 bridgehead atoms. The van der Waals surface area contributed by atoms with Gasteiger partial charge in [0.2, 0.25) is 0 Å². The maximum Gasteiger partial charge on any atom is 0.332 e. The molecule has 0 fully saturated rings. The van der Waals surface area contributed by atoms with Gasteiger partial charge in [0.05, 0.1) is 17.4 Å². The van der Waals surface area contributed by atoms with E-state index in [1.807, 2.05) is 61.5 Å². The molecule has 1 N–H and O–H groups in total. The molecule has 0 saturated carbocycles. The molecule has 4 aromatic rings. The van der Waals surface area contributed by atoms with E-state index in [0.29, 0.717) is 23.0 Å². The normalized spacial score (nSPS) is 10.8. The number of nitrogens with one attached hydrogen (secondary N) is 1. The second-order valence-electron chi connectivity index (χ2n) is 7.96. The highest BCUT2D eigenvalue weighted by Gasteiger charge is 2.15. The molecule has 33 heavy (non-hydrogen) atoms. The van der Waals surface area contributed by atoms with Crippen LogP contribution in [0, 0.1) is 6.92 Å². The van der Waals surface area contributed by atoms with Crippen LogP contribution in [-0.4, -0.2) is 15.0 Å². The van der Waals surface area contributed by atoms with E-state index in [-0.39, 0.29) is 19.0 Å². The molecule has 0 atom stereocenters. The number of hydrogen-bond acceptors (Lipinski definition) is 3. The first-order valence-corrected chi connectivity index (χ1v) is 10.7. The first kappa shape index (κ1) is 22.0. The molecular formula is C27H25N3O3. The number of benzene rings is 3. The summed E-state index contributed by atoms with van der Waals surface area (Å²) in [5.74, 6) is -0.273. The Hall–Kier alpha value is -4.19. The third-order valence-electron chi connectivity index (χ3n) is 5.56. The molecular weight excluding hydrogens is 414 g/mol. The van der Waals surface area contributed by atoms with Crippen molar-refractivity contribution in [3.63, 3.8) is 0 Å². The average molecular weight is 440 g/mol. The Morgan fingerprint density at radius 2 is 1.67 bits per heavy atom. The van der Waals surface area contributed by atoms with Crippen molar-refractivity contribution in [2.75, 3.05) is 0 Å². The molecule has 1 amide bonds. The fourth-order valence-electron chi connectivity index (χ4n) is 3.76. The molecule has 6 heteroatoms. The van der Waals surface area contributed by atoms with E-state index in [4.69, 9.17) is 0 Å². The Morgan fingerprint density at radius 3 is 2.36 bits per heavy atom. The van der Waals surface area contributed by atoms with Gasteiger partial charge in [-0.1, -0.05) is 66.2 Å². The third-order valence-corrected chi connectivity index (χ3v) is 5.56. The summed E-state index contributed by atoms with van der Waals surface area (Å²) in [4.78, 5) is 39.0. The predicted molar refractivity (Wildman–Crippen MR) is 131 cm³/mol. The monoisotopic (exact) mass is 439 g/mol. The van der Waals surface area contributed by atoms with Gasteiger partial charge in [0, 0.05) is 18.7 Å². The number of amides is 1. The fourth-order valence-corrected chi connectivity index (χ4v) is 3.76. The number of allylic oxidation sites excluding steroid dienone is 1. The highest BCUT2D eigenvalue weighted by atomic mass is 16.2. The van der Waals surface area contributed by atoms with Gasteiger partial charge in [0.1, 0.15) is 0 Å². The number of rotatable bonds is 7. The molecule has 0 spiro atoms. The van der Waals surface area contributed by atoms with E-state index in [0.717, 1.165) is 16.7 Å². The van der Waals surface area contributed by atoms with Crippen molar-refractivity contribution in [2.24, 2.45) is 0 Å². The van der Waals surface area contributed by atoms with Gasteiger partial charge in [-0.05, 0) is 36.2 Å². The van der Waals surface area contributed by atoms with Crippen molar-refractivity contribution >= 4 is 16.8 Å². The topological polar surface area (TPSA) is 73.1 Å². The summed E-state index contributed by atoms with van der Waals surface area (Å²) in [6, 6.07) is 22.3. The number of aromatic nitrogens is 2. The van der Waals surface area contributed by atoms with E-state index in [2.05, 4.69) is 11.9 Å². The van der Waals surface area contributed by atoms with E-state index >= 15 is 0 Å². The first-order chi connectivity index (χ1) is 16.0. The summed E-state index contributed by atoms with van der Waals surface area (Å²) in [6.45, 7) is 6.44. The van der Waals surface area contributed by atoms with Crippen molar-refractivity contribution in [1.82, 2.24) is 14.5 Å². The molecule has 0 saturated heterocycles. The summed E-state index contributed by atoms with van der Waals surface area (Å²) < 4.78 is 2.71. The molecule has 1 heterocycles. The Bertz CT molecular complexity index is 1430. The van der Waals surface area contributed by atoms with Crippen LogP contribution in [0.15, 0.2) is 95.0 Å². The van der Waals surface area contributed by atoms with E-state index in [1.54, 1.807) is 22.8 Å². The lowest BCUT2D eigenvalue weighted by atomic mass is 10.1. The zero-order valence-electron chi connectivity index (χ0n) is 18.5. The molecule has 0 radical (unpaired) electrons.